The van der Waals surface area contributed by atoms with Crippen LogP contribution in [0.2, 0.25) is 0 Å². The Balaban J connectivity index is 2.98. The molecule has 1 aromatic rings. The van der Waals surface area contributed by atoms with Crippen LogP contribution >= 0.6 is 0 Å². The first-order valence-electron chi connectivity index (χ1n) is 5.15. The number of rotatable bonds is 5. The molecule has 90 valence electrons. The highest BCUT2D eigenvalue weighted by molar-refractivity contribution is 7.89. The van der Waals surface area contributed by atoms with Crippen molar-refractivity contribution in [1.29, 1.82) is 0 Å². The van der Waals surface area contributed by atoms with Crippen molar-refractivity contribution < 1.29 is 8.42 Å². The maximum Gasteiger partial charge on any atom is 0.240 e. The van der Waals surface area contributed by atoms with E-state index < -0.39 is 10.0 Å². The van der Waals surface area contributed by atoms with Gasteiger partial charge in [0.05, 0.1) is 4.90 Å². The molecule has 0 aliphatic rings. The minimum atomic E-state index is -3.43. The fraction of sp³-hybridized carbons (Fsp3) is 0.500. The predicted octanol–water partition coefficient (Wildman–Crippen LogP) is 1.20. The number of aromatic nitrogens is 1. The maximum atomic E-state index is 11.9. The summed E-state index contributed by atoms with van der Waals surface area (Å²) in [4.78, 5) is 4.20. The van der Waals surface area contributed by atoms with Crippen LogP contribution in [0.3, 0.4) is 0 Å². The molecule has 0 aromatic carbocycles. The molecule has 1 unspecified atom stereocenters. The number of nitrogens with zero attached hydrogens (tertiary/aromatic N) is 1. The van der Waals surface area contributed by atoms with Crippen LogP contribution in [0.15, 0.2) is 23.2 Å². The smallest absolute Gasteiger partial charge is 0.240 e. The molecule has 0 spiro atoms. The zero-order chi connectivity index (χ0) is 12.2. The van der Waals surface area contributed by atoms with E-state index in [-0.39, 0.29) is 10.9 Å². The van der Waals surface area contributed by atoms with Crippen LogP contribution in [0.4, 0.5) is 5.82 Å². The quantitative estimate of drug-likeness (QED) is 0.815. The molecule has 0 amide bonds. The lowest BCUT2D eigenvalue weighted by atomic mass is 10.3. The van der Waals surface area contributed by atoms with Gasteiger partial charge in [0.1, 0.15) is 5.82 Å². The van der Waals surface area contributed by atoms with Gasteiger partial charge in [-0.05, 0) is 19.4 Å². The second-order valence-corrected chi connectivity index (χ2v) is 5.27. The molecular weight excluding hydrogens is 226 g/mol. The lowest BCUT2D eigenvalue weighted by Gasteiger charge is -2.12. The zero-order valence-electron chi connectivity index (χ0n) is 9.69. The Morgan fingerprint density at radius 3 is 2.75 bits per heavy atom. The van der Waals surface area contributed by atoms with Crippen molar-refractivity contribution in [2.45, 2.75) is 31.2 Å². The first-order chi connectivity index (χ1) is 7.49. The summed E-state index contributed by atoms with van der Waals surface area (Å²) in [5, 5.41) is 2.80. The molecule has 1 heterocycles. The molecule has 0 aliphatic carbocycles. The van der Waals surface area contributed by atoms with Gasteiger partial charge in [-0.1, -0.05) is 6.92 Å². The number of hydrogen-bond donors (Lipinski definition) is 2. The highest BCUT2D eigenvalue weighted by atomic mass is 32.2. The summed E-state index contributed by atoms with van der Waals surface area (Å²) in [7, 11) is -1.74. The summed E-state index contributed by atoms with van der Waals surface area (Å²) in [5.74, 6) is 0.534. The van der Waals surface area contributed by atoms with Crippen LogP contribution in [0.25, 0.3) is 0 Å². The fourth-order valence-corrected chi connectivity index (χ4v) is 2.47. The Kier molecular flexibility index (Phi) is 4.26. The normalized spacial score (nSPS) is 13.4. The van der Waals surface area contributed by atoms with E-state index in [0.29, 0.717) is 5.82 Å². The van der Waals surface area contributed by atoms with Crippen LogP contribution in [-0.4, -0.2) is 26.5 Å². The van der Waals surface area contributed by atoms with Crippen LogP contribution < -0.4 is 10.0 Å². The van der Waals surface area contributed by atoms with Gasteiger partial charge in [0.25, 0.3) is 0 Å². The Hall–Kier alpha value is -1.14. The molecule has 2 N–H and O–H groups in total. The molecule has 0 radical (unpaired) electrons. The number of nitrogens with one attached hydrogen (secondary N) is 2. The summed E-state index contributed by atoms with van der Waals surface area (Å²) in [5.41, 5.74) is 0. The van der Waals surface area contributed by atoms with E-state index in [9.17, 15) is 8.42 Å². The van der Waals surface area contributed by atoms with Gasteiger partial charge in [0, 0.05) is 25.4 Å². The number of sulfonamides is 1. The summed E-state index contributed by atoms with van der Waals surface area (Å²) >= 11 is 0. The Morgan fingerprint density at radius 2 is 2.19 bits per heavy atom. The van der Waals surface area contributed by atoms with E-state index in [4.69, 9.17) is 0 Å². The molecule has 0 aliphatic heterocycles. The molecule has 16 heavy (non-hydrogen) atoms. The monoisotopic (exact) mass is 243 g/mol. The van der Waals surface area contributed by atoms with Gasteiger partial charge in [-0.25, -0.2) is 18.1 Å². The van der Waals surface area contributed by atoms with Crippen molar-refractivity contribution >= 4 is 15.8 Å². The van der Waals surface area contributed by atoms with Gasteiger partial charge in [-0.15, -0.1) is 0 Å². The van der Waals surface area contributed by atoms with Crippen molar-refractivity contribution in [2.75, 3.05) is 12.4 Å². The van der Waals surface area contributed by atoms with E-state index in [0.717, 1.165) is 6.42 Å². The largest absolute Gasteiger partial charge is 0.373 e. The van der Waals surface area contributed by atoms with Crippen LogP contribution in [-0.2, 0) is 10.0 Å². The fourth-order valence-electron chi connectivity index (χ4n) is 1.13. The van der Waals surface area contributed by atoms with Crippen molar-refractivity contribution in [3.8, 4) is 0 Å². The third-order valence-electron chi connectivity index (χ3n) is 2.27. The van der Waals surface area contributed by atoms with Crippen LogP contribution in [0, 0.1) is 0 Å². The number of anilines is 1. The van der Waals surface area contributed by atoms with Gasteiger partial charge >= 0.3 is 0 Å². The highest BCUT2D eigenvalue weighted by Gasteiger charge is 2.16. The van der Waals surface area contributed by atoms with Crippen molar-refractivity contribution in [2.24, 2.45) is 0 Å². The van der Waals surface area contributed by atoms with E-state index in [2.05, 4.69) is 15.0 Å². The molecular formula is C10H17N3O2S. The second kappa shape index (κ2) is 5.27. The topological polar surface area (TPSA) is 71.1 Å². The molecule has 1 aromatic heterocycles. The van der Waals surface area contributed by atoms with Crippen LogP contribution in [0.1, 0.15) is 20.3 Å². The van der Waals surface area contributed by atoms with Gasteiger partial charge in [-0.2, -0.15) is 0 Å². The molecule has 1 rings (SSSR count). The van der Waals surface area contributed by atoms with Crippen molar-refractivity contribution in [3.63, 3.8) is 0 Å². The third-order valence-corrected chi connectivity index (χ3v) is 3.85. The van der Waals surface area contributed by atoms with Crippen molar-refractivity contribution in [1.82, 2.24) is 9.71 Å². The summed E-state index contributed by atoms with van der Waals surface area (Å²) < 4.78 is 26.4. The van der Waals surface area contributed by atoms with Gasteiger partial charge < -0.3 is 5.32 Å². The average molecular weight is 243 g/mol. The second-order valence-electron chi connectivity index (χ2n) is 3.56. The van der Waals surface area contributed by atoms with Gasteiger partial charge in [-0.3, -0.25) is 0 Å². The Labute approximate surface area is 96.3 Å². The summed E-state index contributed by atoms with van der Waals surface area (Å²) in [6.07, 6.45) is 2.22. The van der Waals surface area contributed by atoms with Gasteiger partial charge in [0.2, 0.25) is 10.0 Å². The maximum absolute atomic E-state index is 11.9. The van der Waals surface area contributed by atoms with E-state index in [1.54, 1.807) is 7.05 Å². The average Bonchev–Trinajstić information content (AvgIpc) is 2.28. The first kappa shape index (κ1) is 12.9. The summed E-state index contributed by atoms with van der Waals surface area (Å²) in [6, 6.07) is 2.91. The molecule has 0 fully saturated rings. The van der Waals surface area contributed by atoms with Crippen LogP contribution in [0.5, 0.6) is 0 Å². The zero-order valence-corrected chi connectivity index (χ0v) is 10.5. The minimum absolute atomic E-state index is 0.0730. The Bertz CT molecular complexity index is 445. The first-order valence-corrected chi connectivity index (χ1v) is 6.64. The predicted molar refractivity (Wildman–Crippen MR) is 63.9 cm³/mol. The third kappa shape index (κ3) is 3.18. The highest BCUT2D eigenvalue weighted by Crippen LogP contribution is 2.12. The van der Waals surface area contributed by atoms with E-state index >= 15 is 0 Å². The molecule has 0 bridgehead atoms. The lowest BCUT2D eigenvalue weighted by Crippen LogP contribution is -2.32. The van der Waals surface area contributed by atoms with E-state index in [1.165, 1.54) is 18.3 Å². The molecule has 6 heteroatoms. The summed E-state index contributed by atoms with van der Waals surface area (Å²) in [6.45, 7) is 3.76. The van der Waals surface area contributed by atoms with E-state index in [1.807, 2.05) is 13.8 Å². The molecule has 5 nitrogen and oxygen atoms in total. The minimum Gasteiger partial charge on any atom is -0.373 e. The lowest BCUT2D eigenvalue weighted by molar-refractivity contribution is 0.556. The molecule has 0 saturated heterocycles. The number of pyridine rings is 1. The molecule has 1 atom stereocenters. The van der Waals surface area contributed by atoms with Crippen molar-refractivity contribution in [3.05, 3.63) is 18.3 Å². The molecule has 0 saturated carbocycles. The van der Waals surface area contributed by atoms with Gasteiger partial charge in [0.15, 0.2) is 0 Å². The standard InChI is InChI=1S/C10H17N3O2S/c1-4-8(2)13-16(14,15)9-5-6-12-10(7-9)11-3/h5-8,13H,4H2,1-3H3,(H,11,12). The Morgan fingerprint density at radius 1 is 1.50 bits per heavy atom. The SMILES string of the molecule is CCC(C)NS(=O)(=O)c1ccnc(NC)c1. The number of hydrogen-bond acceptors (Lipinski definition) is 4.